The van der Waals surface area contributed by atoms with Gasteiger partial charge in [0.15, 0.2) is 5.73 Å². The van der Waals surface area contributed by atoms with E-state index in [0.717, 1.165) is 12.8 Å². The largest absolute Gasteiger partial charge is 0.543 e. The van der Waals surface area contributed by atoms with Gasteiger partial charge in [0.2, 0.25) is 0 Å². The highest BCUT2D eigenvalue weighted by Gasteiger charge is 2.48. The van der Waals surface area contributed by atoms with E-state index in [-0.39, 0.29) is 5.73 Å². The molecule has 0 radical (unpaired) electrons. The van der Waals surface area contributed by atoms with Crippen molar-refractivity contribution in [2.24, 2.45) is 0 Å². The molecule has 0 aliphatic rings. The normalized spacial score (nSPS) is 14.5. The summed E-state index contributed by atoms with van der Waals surface area (Å²) in [4.78, 5) is 0. The number of allylic oxidation sites excluding steroid dienone is 1. The van der Waals surface area contributed by atoms with Crippen LogP contribution in [0.15, 0.2) is 12.3 Å². The van der Waals surface area contributed by atoms with Crippen molar-refractivity contribution in [2.75, 3.05) is 21.3 Å². The molecule has 90 valence electrons. The van der Waals surface area contributed by atoms with E-state index in [0.29, 0.717) is 0 Å². The molecule has 0 spiro atoms. The summed E-state index contributed by atoms with van der Waals surface area (Å²) >= 11 is 0. The van der Waals surface area contributed by atoms with Crippen molar-refractivity contribution in [1.29, 1.82) is 0 Å². The Kier molecular flexibility index (Phi) is 7.68. The van der Waals surface area contributed by atoms with Crippen molar-refractivity contribution in [1.82, 2.24) is 0 Å². The Balaban J connectivity index is 4.64. The topological polar surface area (TPSA) is 36.9 Å². The van der Waals surface area contributed by atoms with E-state index < -0.39 is 8.80 Å². The van der Waals surface area contributed by atoms with Gasteiger partial charge in [-0.3, -0.25) is 0 Å². The van der Waals surface area contributed by atoms with Crippen molar-refractivity contribution in [2.45, 2.75) is 32.4 Å². The van der Waals surface area contributed by atoms with Crippen LogP contribution in [-0.4, -0.2) is 35.9 Å². The molecule has 1 unspecified atom stereocenters. The molecule has 0 amide bonds. The molecule has 0 aliphatic heterocycles. The summed E-state index contributed by atoms with van der Waals surface area (Å²) in [7, 11) is 2.12. The van der Waals surface area contributed by atoms with Crippen LogP contribution in [0.4, 0.5) is 0 Å². The average molecular weight is 234 g/mol. The highest BCUT2D eigenvalue weighted by molar-refractivity contribution is 6.62. The number of ether oxygens (including phenoxy) is 1. The zero-order valence-corrected chi connectivity index (χ0v) is 11.3. The molecule has 5 heteroatoms. The third kappa shape index (κ3) is 3.94. The Morgan fingerprint density at radius 2 is 1.67 bits per heavy atom. The fraction of sp³-hybridized carbons (Fsp3) is 0.800. The lowest BCUT2D eigenvalue weighted by Crippen LogP contribution is -2.55. The van der Waals surface area contributed by atoms with Gasteiger partial charge in [0.05, 0.1) is 6.26 Å². The van der Waals surface area contributed by atoms with Gasteiger partial charge >= 0.3 is 8.80 Å². The molecule has 0 saturated carbocycles. The fourth-order valence-corrected chi connectivity index (χ4v) is 3.58. The predicted molar refractivity (Wildman–Crippen MR) is 61.4 cm³/mol. The number of hydrogen-bond acceptors (Lipinski definition) is 4. The Morgan fingerprint density at radius 1 is 1.13 bits per heavy atom. The van der Waals surface area contributed by atoms with Crippen molar-refractivity contribution >= 4 is 8.80 Å². The quantitative estimate of drug-likeness (QED) is 0.476. The van der Waals surface area contributed by atoms with Crippen molar-refractivity contribution < 1.29 is 18.0 Å². The van der Waals surface area contributed by atoms with Crippen LogP contribution in [0.2, 0.25) is 0 Å². The smallest absolute Gasteiger partial charge is 0.494 e. The lowest BCUT2D eigenvalue weighted by Gasteiger charge is -2.31. The summed E-state index contributed by atoms with van der Waals surface area (Å²) in [6, 6.07) is 0. The third-order valence-corrected chi connectivity index (χ3v) is 5.10. The molecule has 1 atom stereocenters. The highest BCUT2D eigenvalue weighted by Crippen LogP contribution is 2.19. The summed E-state index contributed by atoms with van der Waals surface area (Å²) in [5, 5.41) is 0. The first-order valence-corrected chi connectivity index (χ1v) is 6.93. The van der Waals surface area contributed by atoms with Crippen LogP contribution in [-0.2, 0) is 18.0 Å². The molecule has 15 heavy (non-hydrogen) atoms. The van der Waals surface area contributed by atoms with E-state index in [1.165, 1.54) is 0 Å². The molecular weight excluding hydrogens is 212 g/mol. The van der Waals surface area contributed by atoms with Gasteiger partial charge in [0, 0.05) is 21.3 Å². The summed E-state index contributed by atoms with van der Waals surface area (Å²) in [5.41, 5.74) is -0.140. The molecule has 0 aromatic rings. The van der Waals surface area contributed by atoms with Gasteiger partial charge in [0.25, 0.3) is 0 Å². The molecule has 0 aliphatic carbocycles. The van der Waals surface area contributed by atoms with Crippen LogP contribution in [0.5, 0.6) is 0 Å². The predicted octanol–water partition coefficient (Wildman–Crippen LogP) is 2.12. The van der Waals surface area contributed by atoms with Gasteiger partial charge in [0.1, 0.15) is 0 Å². The molecule has 4 nitrogen and oxygen atoms in total. The zero-order valence-electron chi connectivity index (χ0n) is 10.3. The molecule has 0 bridgehead atoms. The zero-order chi connectivity index (χ0) is 11.7. The maximum Gasteiger partial charge on any atom is 0.543 e. The monoisotopic (exact) mass is 234 g/mol. The van der Waals surface area contributed by atoms with Crippen LogP contribution >= 0.6 is 0 Å². The Hall–Kier alpha value is -0.363. The van der Waals surface area contributed by atoms with Gasteiger partial charge in [-0.1, -0.05) is 19.4 Å². The first-order chi connectivity index (χ1) is 7.20. The molecular formula is C10H22O4Si. The molecule has 0 heterocycles. The molecule has 0 rings (SSSR count). The van der Waals surface area contributed by atoms with Crippen LogP contribution in [0, 0.1) is 0 Å². The third-order valence-electron chi connectivity index (χ3n) is 2.18. The lowest BCUT2D eigenvalue weighted by molar-refractivity contribution is 0.0474. The molecule has 0 aromatic heterocycles. The Morgan fingerprint density at radius 3 is 2.00 bits per heavy atom. The van der Waals surface area contributed by atoms with Crippen LogP contribution in [0.1, 0.15) is 26.7 Å². The number of hydrogen-bond donors (Lipinski definition) is 0. The van der Waals surface area contributed by atoms with Gasteiger partial charge < -0.3 is 18.0 Å². The first kappa shape index (κ1) is 14.6. The number of rotatable bonds is 8. The maximum atomic E-state index is 5.58. The van der Waals surface area contributed by atoms with E-state index >= 15 is 0 Å². The van der Waals surface area contributed by atoms with E-state index in [1.54, 1.807) is 27.6 Å². The summed E-state index contributed by atoms with van der Waals surface area (Å²) < 4.78 is 21.7. The molecule has 0 N–H and O–H groups in total. The van der Waals surface area contributed by atoms with Gasteiger partial charge in [-0.15, -0.1) is 0 Å². The lowest BCUT2D eigenvalue weighted by atomic mass is 10.4. The second-order valence-electron chi connectivity index (χ2n) is 3.10. The summed E-state index contributed by atoms with van der Waals surface area (Å²) in [5.74, 6) is 0. The van der Waals surface area contributed by atoms with E-state index in [9.17, 15) is 0 Å². The summed E-state index contributed by atoms with van der Waals surface area (Å²) in [6.07, 6.45) is 5.33. The second-order valence-corrected chi connectivity index (χ2v) is 6.17. The van der Waals surface area contributed by atoms with E-state index in [1.807, 2.05) is 13.0 Å². The first-order valence-electron chi connectivity index (χ1n) is 5.12. The summed E-state index contributed by atoms with van der Waals surface area (Å²) in [6.45, 7) is 3.99. The maximum absolute atomic E-state index is 5.58. The van der Waals surface area contributed by atoms with Crippen LogP contribution in [0.3, 0.4) is 0 Å². The van der Waals surface area contributed by atoms with Gasteiger partial charge in [-0.05, 0) is 13.3 Å². The van der Waals surface area contributed by atoms with Crippen molar-refractivity contribution in [3.63, 3.8) is 0 Å². The highest BCUT2D eigenvalue weighted by atomic mass is 28.4. The van der Waals surface area contributed by atoms with Crippen LogP contribution < -0.4 is 0 Å². The van der Waals surface area contributed by atoms with Crippen molar-refractivity contribution in [3.05, 3.63) is 12.3 Å². The SMILES string of the molecule is CC=COC(CCC)[Si](OC)(OC)OC. The van der Waals surface area contributed by atoms with Gasteiger partial charge in [-0.25, -0.2) is 0 Å². The molecule has 0 fully saturated rings. The average Bonchev–Trinajstić information content (AvgIpc) is 2.28. The minimum Gasteiger partial charge on any atom is -0.494 e. The minimum absolute atomic E-state index is 0.140. The van der Waals surface area contributed by atoms with Gasteiger partial charge in [-0.2, -0.15) is 0 Å². The second kappa shape index (κ2) is 7.87. The standard InChI is InChI=1S/C10H22O4Si/c1-6-8-10(14-9-7-2)15(11-3,12-4)13-5/h7,9-10H,6,8H2,1-5H3. The van der Waals surface area contributed by atoms with Crippen LogP contribution in [0.25, 0.3) is 0 Å². The van der Waals surface area contributed by atoms with E-state index in [2.05, 4.69) is 6.92 Å². The van der Waals surface area contributed by atoms with E-state index in [4.69, 9.17) is 18.0 Å². The molecule has 0 aromatic carbocycles. The van der Waals surface area contributed by atoms with Crippen molar-refractivity contribution in [3.8, 4) is 0 Å². The molecule has 0 saturated heterocycles. The Labute approximate surface area is 93.5 Å². The minimum atomic E-state index is -2.68. The Bertz CT molecular complexity index is 172. The fourth-order valence-electron chi connectivity index (χ4n) is 1.41.